The molecule has 4 rings (SSSR count). The third-order valence-electron chi connectivity index (χ3n) is 4.38. The molecule has 2 aromatic carbocycles. The van der Waals surface area contributed by atoms with E-state index < -0.39 is 6.03 Å². The minimum atomic E-state index is -0.507. The SMILES string of the molecule is O=C(Nc1ccc(Oc2ccncc2)c(Cl)c1)N1CCN(c2ccccc2)C1=O. The highest BCUT2D eigenvalue weighted by Gasteiger charge is 2.34. The predicted octanol–water partition coefficient (Wildman–Crippen LogP) is 5.00. The molecular weight excluding hydrogens is 392 g/mol. The number of urea groups is 2. The fourth-order valence-electron chi connectivity index (χ4n) is 2.96. The molecule has 1 aliphatic rings. The van der Waals surface area contributed by atoms with Gasteiger partial charge in [-0.2, -0.15) is 0 Å². The first kappa shape index (κ1) is 18.8. The zero-order chi connectivity index (χ0) is 20.2. The van der Waals surface area contributed by atoms with E-state index in [0.29, 0.717) is 35.3 Å². The van der Waals surface area contributed by atoms with Crippen molar-refractivity contribution in [1.29, 1.82) is 0 Å². The number of benzene rings is 2. The van der Waals surface area contributed by atoms with Crippen molar-refractivity contribution in [3.63, 3.8) is 0 Å². The molecule has 3 aromatic rings. The molecule has 7 nitrogen and oxygen atoms in total. The number of rotatable bonds is 4. The van der Waals surface area contributed by atoms with Crippen LogP contribution in [0.5, 0.6) is 11.5 Å². The number of imide groups is 1. The van der Waals surface area contributed by atoms with Crippen LogP contribution in [-0.4, -0.2) is 35.0 Å². The highest BCUT2D eigenvalue weighted by Crippen LogP contribution is 2.31. The number of halogens is 1. The van der Waals surface area contributed by atoms with Gasteiger partial charge in [-0.05, 0) is 42.5 Å². The number of hydrogen-bond acceptors (Lipinski definition) is 4. The molecule has 0 spiro atoms. The smallest absolute Gasteiger partial charge is 0.332 e. The summed E-state index contributed by atoms with van der Waals surface area (Å²) in [5.74, 6) is 1.05. The number of pyridine rings is 1. The highest BCUT2D eigenvalue weighted by atomic mass is 35.5. The molecule has 0 atom stereocenters. The summed E-state index contributed by atoms with van der Waals surface area (Å²) in [5, 5.41) is 3.04. The maximum absolute atomic E-state index is 12.6. The van der Waals surface area contributed by atoms with Crippen molar-refractivity contribution in [2.45, 2.75) is 0 Å². The van der Waals surface area contributed by atoms with Crippen LogP contribution in [0.2, 0.25) is 5.02 Å². The van der Waals surface area contributed by atoms with E-state index in [1.807, 2.05) is 30.3 Å². The lowest BCUT2D eigenvalue weighted by Gasteiger charge is -2.18. The predicted molar refractivity (Wildman–Crippen MR) is 111 cm³/mol. The molecular formula is C21H17ClN4O3. The lowest BCUT2D eigenvalue weighted by atomic mass is 10.3. The second-order valence-corrected chi connectivity index (χ2v) is 6.69. The summed E-state index contributed by atoms with van der Waals surface area (Å²) < 4.78 is 5.69. The summed E-state index contributed by atoms with van der Waals surface area (Å²) in [6, 6.07) is 16.7. The summed E-state index contributed by atoms with van der Waals surface area (Å²) in [5.41, 5.74) is 1.22. The van der Waals surface area contributed by atoms with E-state index in [2.05, 4.69) is 10.3 Å². The molecule has 2 heterocycles. The maximum atomic E-state index is 12.6. The average molecular weight is 409 g/mol. The minimum Gasteiger partial charge on any atom is -0.456 e. The van der Waals surface area contributed by atoms with Crippen LogP contribution in [0.4, 0.5) is 21.0 Å². The molecule has 1 saturated heterocycles. The molecule has 4 amide bonds. The molecule has 0 saturated carbocycles. The van der Waals surface area contributed by atoms with Gasteiger partial charge in [0.1, 0.15) is 11.5 Å². The van der Waals surface area contributed by atoms with E-state index in [1.54, 1.807) is 47.6 Å². The molecule has 146 valence electrons. The molecule has 29 heavy (non-hydrogen) atoms. The fraction of sp³-hybridized carbons (Fsp3) is 0.0952. The normalized spacial score (nSPS) is 13.5. The first-order chi connectivity index (χ1) is 14.1. The third kappa shape index (κ3) is 4.14. The van der Waals surface area contributed by atoms with Crippen molar-refractivity contribution in [3.8, 4) is 11.5 Å². The van der Waals surface area contributed by atoms with Crippen LogP contribution >= 0.6 is 11.6 Å². The first-order valence-electron chi connectivity index (χ1n) is 8.94. The number of hydrogen-bond donors (Lipinski definition) is 1. The zero-order valence-electron chi connectivity index (χ0n) is 15.3. The standard InChI is InChI=1S/C21H17ClN4O3/c22-18-14-15(6-7-19(18)29-17-8-10-23-11-9-17)24-20(27)26-13-12-25(21(26)28)16-4-2-1-3-5-16/h1-11,14H,12-13H2,(H,24,27). The van der Waals surface area contributed by atoms with Gasteiger partial charge in [-0.25, -0.2) is 14.5 Å². The summed E-state index contributed by atoms with van der Waals surface area (Å²) in [7, 11) is 0. The van der Waals surface area contributed by atoms with E-state index in [0.717, 1.165) is 5.69 Å². The first-order valence-corrected chi connectivity index (χ1v) is 9.32. The zero-order valence-corrected chi connectivity index (χ0v) is 16.0. The topological polar surface area (TPSA) is 74.8 Å². The molecule has 8 heteroatoms. The third-order valence-corrected chi connectivity index (χ3v) is 4.68. The van der Waals surface area contributed by atoms with Gasteiger partial charge >= 0.3 is 12.1 Å². The van der Waals surface area contributed by atoms with Crippen LogP contribution in [-0.2, 0) is 0 Å². The number of carbonyl (C=O) groups is 2. The summed E-state index contributed by atoms with van der Waals surface area (Å²) in [6.45, 7) is 0.742. The van der Waals surface area contributed by atoms with Crippen molar-refractivity contribution in [1.82, 2.24) is 9.88 Å². The Kier molecular flexibility index (Phi) is 5.31. The number of carbonyl (C=O) groups excluding carboxylic acids is 2. The molecule has 1 aliphatic heterocycles. The summed E-state index contributed by atoms with van der Waals surface area (Å²) in [6.07, 6.45) is 3.23. The Morgan fingerprint density at radius 3 is 2.52 bits per heavy atom. The lowest BCUT2D eigenvalue weighted by molar-refractivity contribution is 0.209. The van der Waals surface area contributed by atoms with E-state index in [9.17, 15) is 9.59 Å². The summed E-state index contributed by atoms with van der Waals surface area (Å²) >= 11 is 6.27. The van der Waals surface area contributed by atoms with Crippen LogP contribution in [0.25, 0.3) is 0 Å². The number of ether oxygens (including phenoxy) is 1. The second kappa shape index (κ2) is 8.20. The number of amides is 4. The summed E-state index contributed by atoms with van der Waals surface area (Å²) in [4.78, 5) is 31.8. The number of nitrogens with one attached hydrogen (secondary N) is 1. The largest absolute Gasteiger partial charge is 0.456 e. The van der Waals surface area contributed by atoms with Crippen LogP contribution in [0, 0.1) is 0 Å². The molecule has 0 radical (unpaired) electrons. The van der Waals surface area contributed by atoms with Gasteiger partial charge in [0.05, 0.1) is 11.6 Å². The van der Waals surface area contributed by atoms with Gasteiger partial charge in [0.2, 0.25) is 0 Å². The molecule has 1 fully saturated rings. The lowest BCUT2D eigenvalue weighted by Crippen LogP contribution is -2.39. The monoisotopic (exact) mass is 408 g/mol. The van der Waals surface area contributed by atoms with Gasteiger partial charge in [0.25, 0.3) is 0 Å². The van der Waals surface area contributed by atoms with Crippen LogP contribution in [0.3, 0.4) is 0 Å². The van der Waals surface area contributed by atoms with E-state index in [4.69, 9.17) is 16.3 Å². The van der Waals surface area contributed by atoms with E-state index in [1.165, 1.54) is 4.90 Å². The van der Waals surface area contributed by atoms with Crippen LogP contribution < -0.4 is 15.0 Å². The van der Waals surface area contributed by atoms with Crippen LogP contribution in [0.15, 0.2) is 73.1 Å². The molecule has 1 aromatic heterocycles. The Hall–Kier alpha value is -3.58. The Morgan fingerprint density at radius 2 is 1.79 bits per heavy atom. The number of aromatic nitrogens is 1. The molecule has 0 aliphatic carbocycles. The van der Waals surface area contributed by atoms with Crippen molar-refractivity contribution < 1.29 is 14.3 Å². The molecule has 0 bridgehead atoms. The van der Waals surface area contributed by atoms with Crippen molar-refractivity contribution in [2.24, 2.45) is 0 Å². The van der Waals surface area contributed by atoms with Crippen LogP contribution in [0.1, 0.15) is 0 Å². The number of nitrogens with zero attached hydrogens (tertiary/aromatic N) is 3. The Morgan fingerprint density at radius 1 is 1.03 bits per heavy atom. The number of anilines is 2. The number of para-hydroxylation sites is 1. The van der Waals surface area contributed by atoms with E-state index in [-0.39, 0.29) is 6.03 Å². The van der Waals surface area contributed by atoms with Gasteiger partial charge in [-0.15, -0.1) is 0 Å². The maximum Gasteiger partial charge on any atom is 0.332 e. The Bertz CT molecular complexity index is 1030. The fourth-order valence-corrected chi connectivity index (χ4v) is 3.18. The van der Waals surface area contributed by atoms with Crippen molar-refractivity contribution in [2.75, 3.05) is 23.3 Å². The second-order valence-electron chi connectivity index (χ2n) is 6.28. The van der Waals surface area contributed by atoms with Crippen molar-refractivity contribution in [3.05, 3.63) is 78.1 Å². The minimum absolute atomic E-state index is 0.302. The highest BCUT2D eigenvalue weighted by molar-refractivity contribution is 6.32. The average Bonchev–Trinajstić information content (AvgIpc) is 3.13. The Labute approximate surface area is 172 Å². The quantitative estimate of drug-likeness (QED) is 0.659. The van der Waals surface area contributed by atoms with Gasteiger partial charge in [0, 0.05) is 30.3 Å². The van der Waals surface area contributed by atoms with Gasteiger partial charge in [0.15, 0.2) is 0 Å². The molecule has 0 unspecified atom stereocenters. The van der Waals surface area contributed by atoms with Crippen molar-refractivity contribution >= 4 is 35.0 Å². The van der Waals surface area contributed by atoms with E-state index >= 15 is 0 Å². The van der Waals surface area contributed by atoms with Gasteiger partial charge in [-0.3, -0.25) is 9.88 Å². The molecule has 1 N–H and O–H groups in total. The Balaban J connectivity index is 1.42. The van der Waals surface area contributed by atoms with Gasteiger partial charge in [-0.1, -0.05) is 29.8 Å². The van der Waals surface area contributed by atoms with Gasteiger partial charge < -0.3 is 10.1 Å².